The minimum Gasteiger partial charge on any atom is -0.492 e. The highest BCUT2D eigenvalue weighted by Gasteiger charge is 2.32. The van der Waals surface area contributed by atoms with E-state index in [4.69, 9.17) is 18.9 Å². The van der Waals surface area contributed by atoms with E-state index in [9.17, 15) is 9.18 Å². The molecule has 1 aromatic heterocycles. The van der Waals surface area contributed by atoms with Crippen LogP contribution in [0.15, 0.2) is 73.3 Å². The number of halogens is 1. The van der Waals surface area contributed by atoms with Crippen LogP contribution in [0.4, 0.5) is 4.39 Å². The highest BCUT2D eigenvalue weighted by Crippen LogP contribution is 2.44. The van der Waals surface area contributed by atoms with Gasteiger partial charge < -0.3 is 23.5 Å². The Balaban J connectivity index is 1.19. The van der Waals surface area contributed by atoms with Crippen molar-refractivity contribution in [1.82, 2.24) is 9.55 Å². The van der Waals surface area contributed by atoms with Crippen LogP contribution < -0.4 is 14.2 Å². The maximum atomic E-state index is 15.0. The summed E-state index contributed by atoms with van der Waals surface area (Å²) in [5.41, 5.74) is 3.26. The van der Waals surface area contributed by atoms with E-state index >= 15 is 0 Å². The molecule has 3 aromatic carbocycles. The summed E-state index contributed by atoms with van der Waals surface area (Å²) in [6, 6.07) is 16.3. The van der Waals surface area contributed by atoms with E-state index in [0.29, 0.717) is 48.0 Å². The molecule has 1 aliphatic heterocycles. The number of benzene rings is 3. The quantitative estimate of drug-likeness (QED) is 0.294. The Morgan fingerprint density at radius 2 is 1.97 bits per heavy atom. The van der Waals surface area contributed by atoms with Gasteiger partial charge in [-0.1, -0.05) is 6.07 Å². The van der Waals surface area contributed by atoms with Gasteiger partial charge in [0, 0.05) is 46.8 Å². The number of esters is 1. The van der Waals surface area contributed by atoms with Crippen LogP contribution in [0.1, 0.15) is 41.6 Å². The fourth-order valence-electron chi connectivity index (χ4n) is 5.03. The number of ether oxygens (including phenoxy) is 4. The van der Waals surface area contributed by atoms with Crippen LogP contribution in [0.25, 0.3) is 5.69 Å². The van der Waals surface area contributed by atoms with Crippen LogP contribution >= 0.6 is 0 Å². The van der Waals surface area contributed by atoms with Crippen LogP contribution in [-0.4, -0.2) is 29.2 Å². The van der Waals surface area contributed by atoms with E-state index in [1.807, 2.05) is 53.2 Å². The Bertz CT molecular complexity index is 1440. The monoisotopic (exact) mass is 500 g/mol. The molecule has 0 amide bonds. The van der Waals surface area contributed by atoms with Crippen molar-refractivity contribution >= 4 is 5.97 Å². The minimum absolute atomic E-state index is 0.0464. The van der Waals surface area contributed by atoms with Gasteiger partial charge >= 0.3 is 5.97 Å². The van der Waals surface area contributed by atoms with Crippen molar-refractivity contribution in [3.8, 4) is 28.7 Å². The summed E-state index contributed by atoms with van der Waals surface area (Å²) in [5.74, 6) is 1.94. The summed E-state index contributed by atoms with van der Waals surface area (Å²) < 4.78 is 39.8. The Morgan fingerprint density at radius 3 is 2.76 bits per heavy atom. The molecule has 0 radical (unpaired) electrons. The standard InChI is InChI=1S/C29H25FN2O5/c1-34-28(33)14-18-16-35-27-15-21(6-7-22(18)27)37-26-10-8-23-25(11-9-24(30)29(23)26)36-20-4-2-19(3-5-20)32-13-12-31-17-32/h2-7,9,11-13,15,17-18,26H,8,10,14,16H2,1H3/t18-,26-/m1/s1. The lowest BCUT2D eigenvalue weighted by Crippen LogP contribution is -2.09. The average molecular weight is 501 g/mol. The summed E-state index contributed by atoms with van der Waals surface area (Å²) in [7, 11) is 1.38. The van der Waals surface area contributed by atoms with Crippen molar-refractivity contribution < 1.29 is 28.1 Å². The van der Waals surface area contributed by atoms with E-state index < -0.39 is 6.10 Å². The number of aromatic nitrogens is 2. The molecule has 0 saturated carbocycles. The summed E-state index contributed by atoms with van der Waals surface area (Å²) in [5, 5.41) is 0. The zero-order valence-electron chi connectivity index (χ0n) is 20.2. The molecule has 0 spiro atoms. The van der Waals surface area contributed by atoms with E-state index in [1.54, 1.807) is 18.6 Å². The van der Waals surface area contributed by atoms with Crippen LogP contribution in [0.2, 0.25) is 0 Å². The van der Waals surface area contributed by atoms with Crippen LogP contribution in [0, 0.1) is 5.82 Å². The van der Waals surface area contributed by atoms with E-state index in [0.717, 1.165) is 16.8 Å². The number of carbonyl (C=O) groups excluding carboxylic acids is 1. The molecule has 188 valence electrons. The Hall–Kier alpha value is -4.33. The molecule has 0 unspecified atom stereocenters. The molecule has 0 bridgehead atoms. The van der Waals surface area contributed by atoms with Gasteiger partial charge in [-0.3, -0.25) is 4.79 Å². The molecule has 1 aliphatic carbocycles. The van der Waals surface area contributed by atoms with Gasteiger partial charge in [-0.15, -0.1) is 0 Å². The fraction of sp³-hybridized carbons (Fsp3) is 0.241. The zero-order chi connectivity index (χ0) is 25.4. The normalized spacial score (nSPS) is 17.6. The van der Waals surface area contributed by atoms with Crippen molar-refractivity contribution in [3.63, 3.8) is 0 Å². The molecule has 0 saturated heterocycles. The smallest absolute Gasteiger partial charge is 0.306 e. The molecule has 4 aromatic rings. The second-order valence-corrected chi connectivity index (χ2v) is 9.14. The number of carbonyl (C=O) groups is 1. The molecule has 0 N–H and O–H groups in total. The first-order valence-electron chi connectivity index (χ1n) is 12.2. The third kappa shape index (κ3) is 4.50. The van der Waals surface area contributed by atoms with Crippen molar-refractivity contribution in [1.29, 1.82) is 0 Å². The predicted octanol–water partition coefficient (Wildman–Crippen LogP) is 5.91. The molecule has 2 aliphatic rings. The van der Waals surface area contributed by atoms with Crippen molar-refractivity contribution in [2.75, 3.05) is 13.7 Å². The number of hydrogen-bond acceptors (Lipinski definition) is 6. The SMILES string of the molecule is COC(=O)C[C@@H]1COc2cc(O[C@@H]3CCc4c(Oc5ccc(-n6ccnc6)cc5)ccc(F)c43)ccc21. The molecule has 2 atom stereocenters. The van der Waals surface area contributed by atoms with Crippen molar-refractivity contribution in [2.24, 2.45) is 0 Å². The first-order chi connectivity index (χ1) is 18.1. The Labute approximate surface area is 213 Å². The topological polar surface area (TPSA) is 71.8 Å². The number of hydrogen-bond donors (Lipinski definition) is 0. The van der Waals surface area contributed by atoms with Gasteiger partial charge in [0.05, 0.1) is 26.5 Å². The second-order valence-electron chi connectivity index (χ2n) is 9.14. The lowest BCUT2D eigenvalue weighted by Gasteiger charge is -2.17. The number of fused-ring (bicyclic) bond motifs is 2. The summed E-state index contributed by atoms with van der Waals surface area (Å²) in [6.07, 6.45) is 6.43. The number of imidazole rings is 1. The molecule has 6 rings (SSSR count). The largest absolute Gasteiger partial charge is 0.492 e. The summed E-state index contributed by atoms with van der Waals surface area (Å²) >= 11 is 0. The van der Waals surface area contributed by atoms with Gasteiger partial charge in [0.1, 0.15) is 34.9 Å². The second kappa shape index (κ2) is 9.61. The van der Waals surface area contributed by atoms with Gasteiger partial charge in [-0.25, -0.2) is 9.37 Å². The fourth-order valence-corrected chi connectivity index (χ4v) is 5.03. The molecule has 7 nitrogen and oxygen atoms in total. The number of methoxy groups -OCH3 is 1. The van der Waals surface area contributed by atoms with Crippen LogP contribution in [0.3, 0.4) is 0 Å². The first-order valence-corrected chi connectivity index (χ1v) is 12.2. The van der Waals surface area contributed by atoms with E-state index in [-0.39, 0.29) is 24.1 Å². The zero-order valence-corrected chi connectivity index (χ0v) is 20.2. The van der Waals surface area contributed by atoms with Gasteiger partial charge in [-0.2, -0.15) is 0 Å². The maximum Gasteiger partial charge on any atom is 0.306 e. The molecule has 2 heterocycles. The van der Waals surface area contributed by atoms with E-state index in [2.05, 4.69) is 4.98 Å². The van der Waals surface area contributed by atoms with Gasteiger partial charge in [0.25, 0.3) is 0 Å². The highest BCUT2D eigenvalue weighted by molar-refractivity contribution is 5.71. The Morgan fingerprint density at radius 1 is 1.14 bits per heavy atom. The van der Waals surface area contributed by atoms with Crippen molar-refractivity contribution in [2.45, 2.75) is 31.3 Å². The van der Waals surface area contributed by atoms with Crippen molar-refractivity contribution in [3.05, 3.63) is 95.8 Å². The van der Waals surface area contributed by atoms with Crippen LogP contribution in [-0.2, 0) is 16.0 Å². The average Bonchev–Trinajstić information content (AvgIpc) is 3.67. The predicted molar refractivity (Wildman–Crippen MR) is 133 cm³/mol. The first kappa shape index (κ1) is 23.1. The third-order valence-corrected chi connectivity index (χ3v) is 6.89. The summed E-state index contributed by atoms with van der Waals surface area (Å²) in [4.78, 5) is 15.7. The molecule has 37 heavy (non-hydrogen) atoms. The molecular formula is C29H25FN2O5. The lowest BCUT2D eigenvalue weighted by atomic mass is 9.98. The minimum atomic E-state index is -0.438. The third-order valence-electron chi connectivity index (χ3n) is 6.89. The molecule has 0 fully saturated rings. The van der Waals surface area contributed by atoms with Gasteiger partial charge in [-0.05, 0) is 55.3 Å². The highest BCUT2D eigenvalue weighted by atomic mass is 19.1. The summed E-state index contributed by atoms with van der Waals surface area (Å²) in [6.45, 7) is 0.415. The van der Waals surface area contributed by atoms with Gasteiger partial charge in [0.2, 0.25) is 0 Å². The van der Waals surface area contributed by atoms with Crippen LogP contribution in [0.5, 0.6) is 23.0 Å². The number of nitrogens with zero attached hydrogens (tertiary/aromatic N) is 2. The van der Waals surface area contributed by atoms with E-state index in [1.165, 1.54) is 13.2 Å². The Kier molecular flexibility index (Phi) is 6.00. The maximum absolute atomic E-state index is 15.0. The number of rotatable bonds is 7. The molecular weight excluding hydrogens is 475 g/mol. The lowest BCUT2D eigenvalue weighted by molar-refractivity contribution is -0.141. The van der Waals surface area contributed by atoms with Gasteiger partial charge in [0.15, 0.2) is 0 Å². The molecule has 8 heteroatoms.